The zero-order valence-electron chi connectivity index (χ0n) is 10.7. The van der Waals surface area contributed by atoms with Crippen molar-refractivity contribution >= 4 is 5.82 Å². The SMILES string of the molecule is Cc1ccc(NC(C)c2ccc(C)c(F)c2)nn1. The van der Waals surface area contributed by atoms with Gasteiger partial charge < -0.3 is 5.32 Å². The second-order valence-corrected chi connectivity index (χ2v) is 4.43. The third-order valence-electron chi connectivity index (χ3n) is 2.86. The molecule has 0 amide bonds. The number of aromatic nitrogens is 2. The van der Waals surface area contributed by atoms with Gasteiger partial charge in [0.1, 0.15) is 11.6 Å². The van der Waals surface area contributed by atoms with Crippen molar-refractivity contribution in [1.82, 2.24) is 10.2 Å². The Labute approximate surface area is 106 Å². The van der Waals surface area contributed by atoms with Crippen molar-refractivity contribution in [1.29, 1.82) is 0 Å². The van der Waals surface area contributed by atoms with Gasteiger partial charge in [-0.3, -0.25) is 0 Å². The summed E-state index contributed by atoms with van der Waals surface area (Å²) in [5, 5.41) is 11.2. The summed E-state index contributed by atoms with van der Waals surface area (Å²) in [7, 11) is 0. The minimum Gasteiger partial charge on any atom is -0.362 e. The zero-order valence-corrected chi connectivity index (χ0v) is 10.7. The van der Waals surface area contributed by atoms with Crippen LogP contribution in [0.15, 0.2) is 30.3 Å². The maximum Gasteiger partial charge on any atom is 0.149 e. The summed E-state index contributed by atoms with van der Waals surface area (Å²) < 4.78 is 13.5. The minimum absolute atomic E-state index is 0.0166. The van der Waals surface area contributed by atoms with E-state index in [9.17, 15) is 4.39 Å². The van der Waals surface area contributed by atoms with Crippen LogP contribution in [0, 0.1) is 19.7 Å². The van der Waals surface area contributed by atoms with Crippen LogP contribution in [-0.2, 0) is 0 Å². The predicted octanol–water partition coefficient (Wildman–Crippen LogP) is 3.41. The van der Waals surface area contributed by atoms with E-state index in [-0.39, 0.29) is 11.9 Å². The summed E-state index contributed by atoms with van der Waals surface area (Å²) in [6, 6.07) is 8.98. The van der Waals surface area contributed by atoms with Gasteiger partial charge in [-0.25, -0.2) is 4.39 Å². The number of halogens is 1. The molecular weight excluding hydrogens is 229 g/mol. The number of nitrogens with zero attached hydrogens (tertiary/aromatic N) is 2. The van der Waals surface area contributed by atoms with E-state index < -0.39 is 0 Å². The van der Waals surface area contributed by atoms with Crippen LogP contribution in [0.4, 0.5) is 10.2 Å². The zero-order chi connectivity index (χ0) is 13.1. The van der Waals surface area contributed by atoms with Crippen LogP contribution < -0.4 is 5.32 Å². The molecule has 2 aromatic rings. The second-order valence-electron chi connectivity index (χ2n) is 4.43. The van der Waals surface area contributed by atoms with E-state index in [0.717, 1.165) is 11.3 Å². The third-order valence-corrected chi connectivity index (χ3v) is 2.86. The number of anilines is 1. The van der Waals surface area contributed by atoms with Gasteiger partial charge in [0.05, 0.1) is 11.7 Å². The summed E-state index contributed by atoms with van der Waals surface area (Å²) in [4.78, 5) is 0. The van der Waals surface area contributed by atoms with Crippen molar-refractivity contribution in [2.75, 3.05) is 5.32 Å². The lowest BCUT2D eigenvalue weighted by Crippen LogP contribution is -2.09. The normalized spacial score (nSPS) is 12.2. The molecule has 4 heteroatoms. The standard InChI is InChI=1S/C14H16FN3/c1-9-4-6-12(8-13(9)15)11(3)16-14-7-5-10(2)17-18-14/h4-8,11H,1-3H3,(H,16,18). The van der Waals surface area contributed by atoms with Gasteiger partial charge in [-0.2, -0.15) is 5.10 Å². The van der Waals surface area contributed by atoms with Crippen LogP contribution in [0.3, 0.4) is 0 Å². The molecule has 0 aliphatic carbocycles. The van der Waals surface area contributed by atoms with E-state index in [1.807, 2.05) is 32.0 Å². The van der Waals surface area contributed by atoms with Crippen LogP contribution in [0.1, 0.15) is 29.8 Å². The molecule has 0 saturated carbocycles. The molecule has 1 atom stereocenters. The van der Waals surface area contributed by atoms with Crippen molar-refractivity contribution in [3.63, 3.8) is 0 Å². The van der Waals surface area contributed by atoms with Crippen molar-refractivity contribution < 1.29 is 4.39 Å². The van der Waals surface area contributed by atoms with Gasteiger partial charge in [0.15, 0.2) is 0 Å². The molecular formula is C14H16FN3. The lowest BCUT2D eigenvalue weighted by molar-refractivity contribution is 0.614. The molecule has 94 valence electrons. The highest BCUT2D eigenvalue weighted by atomic mass is 19.1. The van der Waals surface area contributed by atoms with E-state index >= 15 is 0 Å². The van der Waals surface area contributed by atoms with Gasteiger partial charge in [-0.15, -0.1) is 5.10 Å². The summed E-state index contributed by atoms with van der Waals surface area (Å²) in [5.74, 6) is 0.505. The van der Waals surface area contributed by atoms with Crippen molar-refractivity contribution in [2.45, 2.75) is 26.8 Å². The molecule has 0 aliphatic rings. The maximum absolute atomic E-state index is 13.5. The van der Waals surface area contributed by atoms with Gasteiger partial charge in [0, 0.05) is 0 Å². The van der Waals surface area contributed by atoms with Crippen LogP contribution in [0.25, 0.3) is 0 Å². The molecule has 0 spiro atoms. The maximum atomic E-state index is 13.5. The molecule has 1 aromatic carbocycles. The van der Waals surface area contributed by atoms with Crippen LogP contribution >= 0.6 is 0 Å². The van der Waals surface area contributed by atoms with E-state index in [4.69, 9.17) is 0 Å². The highest BCUT2D eigenvalue weighted by Crippen LogP contribution is 2.19. The van der Waals surface area contributed by atoms with Crippen molar-refractivity contribution in [3.05, 3.63) is 53.0 Å². The number of rotatable bonds is 3. The fraction of sp³-hybridized carbons (Fsp3) is 0.286. The Morgan fingerprint density at radius 2 is 1.89 bits per heavy atom. The van der Waals surface area contributed by atoms with E-state index in [1.165, 1.54) is 0 Å². The number of hydrogen-bond acceptors (Lipinski definition) is 3. The van der Waals surface area contributed by atoms with Crippen molar-refractivity contribution in [3.8, 4) is 0 Å². The Hall–Kier alpha value is -1.97. The number of aryl methyl sites for hydroxylation is 2. The molecule has 3 nitrogen and oxygen atoms in total. The van der Waals surface area contributed by atoms with Crippen LogP contribution in [0.5, 0.6) is 0 Å². The average molecular weight is 245 g/mol. The molecule has 1 aromatic heterocycles. The molecule has 0 saturated heterocycles. The topological polar surface area (TPSA) is 37.8 Å². The minimum atomic E-state index is -0.184. The first-order valence-electron chi connectivity index (χ1n) is 5.89. The molecule has 0 fully saturated rings. The monoisotopic (exact) mass is 245 g/mol. The second kappa shape index (κ2) is 5.12. The quantitative estimate of drug-likeness (QED) is 0.900. The van der Waals surface area contributed by atoms with Gasteiger partial charge in [0.2, 0.25) is 0 Å². The first-order valence-corrected chi connectivity index (χ1v) is 5.89. The van der Waals surface area contributed by atoms with E-state index in [0.29, 0.717) is 11.4 Å². The molecule has 1 heterocycles. The molecule has 2 rings (SSSR count). The third kappa shape index (κ3) is 2.83. The van der Waals surface area contributed by atoms with Gasteiger partial charge in [0.25, 0.3) is 0 Å². The van der Waals surface area contributed by atoms with Crippen molar-refractivity contribution in [2.24, 2.45) is 0 Å². The molecule has 1 unspecified atom stereocenters. The molecule has 18 heavy (non-hydrogen) atoms. The van der Waals surface area contributed by atoms with Gasteiger partial charge >= 0.3 is 0 Å². The Kier molecular flexibility index (Phi) is 3.55. The lowest BCUT2D eigenvalue weighted by atomic mass is 10.1. The average Bonchev–Trinajstić information content (AvgIpc) is 2.35. The van der Waals surface area contributed by atoms with Gasteiger partial charge in [-0.05, 0) is 50.1 Å². The largest absolute Gasteiger partial charge is 0.362 e. The highest BCUT2D eigenvalue weighted by Gasteiger charge is 2.08. The van der Waals surface area contributed by atoms with E-state index in [1.54, 1.807) is 19.1 Å². The van der Waals surface area contributed by atoms with E-state index in [2.05, 4.69) is 15.5 Å². The fourth-order valence-electron chi connectivity index (χ4n) is 1.66. The first-order chi connectivity index (χ1) is 8.56. The molecule has 0 bridgehead atoms. The summed E-state index contributed by atoms with van der Waals surface area (Å²) >= 11 is 0. The molecule has 0 aliphatic heterocycles. The summed E-state index contributed by atoms with van der Waals surface area (Å²) in [5.41, 5.74) is 2.41. The Morgan fingerprint density at radius 3 is 2.50 bits per heavy atom. The summed E-state index contributed by atoms with van der Waals surface area (Å²) in [6.07, 6.45) is 0. The highest BCUT2D eigenvalue weighted by molar-refractivity contribution is 5.37. The first kappa shape index (κ1) is 12.5. The number of nitrogens with one attached hydrogen (secondary N) is 1. The Bertz CT molecular complexity index is 537. The Balaban J connectivity index is 2.13. The van der Waals surface area contributed by atoms with Crippen LogP contribution in [0.2, 0.25) is 0 Å². The summed E-state index contributed by atoms with van der Waals surface area (Å²) in [6.45, 7) is 5.60. The number of benzene rings is 1. The van der Waals surface area contributed by atoms with Gasteiger partial charge in [-0.1, -0.05) is 12.1 Å². The smallest absolute Gasteiger partial charge is 0.149 e. The fourth-order valence-corrected chi connectivity index (χ4v) is 1.66. The van der Waals surface area contributed by atoms with Crippen LogP contribution in [-0.4, -0.2) is 10.2 Å². The Morgan fingerprint density at radius 1 is 1.11 bits per heavy atom. The number of hydrogen-bond donors (Lipinski definition) is 1. The molecule has 1 N–H and O–H groups in total. The predicted molar refractivity (Wildman–Crippen MR) is 69.9 cm³/mol. The lowest BCUT2D eigenvalue weighted by Gasteiger charge is -2.15. The molecule has 0 radical (unpaired) electrons.